The van der Waals surface area contributed by atoms with E-state index in [0.717, 1.165) is 25.1 Å². The highest BCUT2D eigenvalue weighted by Crippen LogP contribution is 2.05. The predicted octanol–water partition coefficient (Wildman–Crippen LogP) is 2.65. The molecule has 1 heterocycles. The first-order valence-corrected chi connectivity index (χ1v) is 5.82. The molecule has 0 spiro atoms. The molecule has 4 heteroatoms. The Labute approximate surface area is 100 Å². The van der Waals surface area contributed by atoms with Crippen LogP contribution in [0.3, 0.4) is 0 Å². The molecule has 3 nitrogen and oxygen atoms in total. The van der Waals surface area contributed by atoms with Crippen LogP contribution in [0.15, 0.2) is 30.3 Å². The minimum Gasteiger partial charge on any atom is -0.283 e. The minimum atomic E-state index is 0.620. The molecule has 0 unspecified atom stereocenters. The first kappa shape index (κ1) is 11.1. The van der Waals surface area contributed by atoms with E-state index < -0.39 is 0 Å². The Bertz CT molecular complexity index is 498. The van der Waals surface area contributed by atoms with Crippen LogP contribution in [-0.4, -0.2) is 14.8 Å². The van der Waals surface area contributed by atoms with Gasteiger partial charge in [0.15, 0.2) is 0 Å². The third-order valence-electron chi connectivity index (χ3n) is 2.54. The van der Waals surface area contributed by atoms with Gasteiger partial charge in [0, 0.05) is 13.5 Å². The molecular weight excluding hydrogens is 218 g/mol. The van der Waals surface area contributed by atoms with Crippen LogP contribution in [0, 0.1) is 4.77 Å². The molecular formula is C12H15N3S. The van der Waals surface area contributed by atoms with E-state index >= 15 is 0 Å². The lowest BCUT2D eigenvalue weighted by Crippen LogP contribution is -1.94. The minimum absolute atomic E-state index is 0.620. The van der Waals surface area contributed by atoms with E-state index in [0.29, 0.717) is 4.77 Å². The highest BCUT2D eigenvalue weighted by Gasteiger charge is 1.99. The van der Waals surface area contributed by atoms with Crippen molar-refractivity contribution in [1.82, 2.24) is 14.8 Å². The lowest BCUT2D eigenvalue weighted by atomic mass is 10.1. The van der Waals surface area contributed by atoms with Crippen LogP contribution in [0.5, 0.6) is 0 Å². The van der Waals surface area contributed by atoms with Crippen LogP contribution in [0.4, 0.5) is 0 Å². The first-order chi connectivity index (χ1) is 7.75. The summed E-state index contributed by atoms with van der Waals surface area (Å²) in [5, 5.41) is 3.13. The van der Waals surface area contributed by atoms with Gasteiger partial charge in [0.25, 0.3) is 0 Å². The molecule has 16 heavy (non-hydrogen) atoms. The Morgan fingerprint density at radius 1 is 1.25 bits per heavy atom. The molecule has 0 atom stereocenters. The smallest absolute Gasteiger partial charge is 0.215 e. The lowest BCUT2D eigenvalue weighted by molar-refractivity contribution is 0.713. The number of benzene rings is 1. The molecule has 0 radical (unpaired) electrons. The Morgan fingerprint density at radius 3 is 2.62 bits per heavy atom. The van der Waals surface area contributed by atoms with Crippen molar-refractivity contribution in [2.45, 2.75) is 19.3 Å². The summed E-state index contributed by atoms with van der Waals surface area (Å²) in [6, 6.07) is 10.5. The molecule has 0 aliphatic heterocycles. The largest absolute Gasteiger partial charge is 0.283 e. The maximum absolute atomic E-state index is 5.04. The second-order valence-corrected chi connectivity index (χ2v) is 4.22. The predicted molar refractivity (Wildman–Crippen MR) is 66.9 cm³/mol. The monoisotopic (exact) mass is 233 g/mol. The fourth-order valence-corrected chi connectivity index (χ4v) is 1.83. The fourth-order valence-electron chi connectivity index (χ4n) is 1.67. The third kappa shape index (κ3) is 2.79. The number of aromatic nitrogens is 3. The summed E-state index contributed by atoms with van der Waals surface area (Å²) in [7, 11) is 1.88. The summed E-state index contributed by atoms with van der Waals surface area (Å²) in [5.41, 5.74) is 1.37. The molecule has 0 aliphatic rings. The normalized spacial score (nSPS) is 10.6. The van der Waals surface area contributed by atoms with E-state index in [2.05, 4.69) is 34.3 Å². The number of aryl methyl sites for hydroxylation is 3. The van der Waals surface area contributed by atoms with E-state index in [1.54, 1.807) is 4.68 Å². The highest BCUT2D eigenvalue weighted by atomic mass is 32.1. The summed E-state index contributed by atoms with van der Waals surface area (Å²) in [5.74, 6) is 0.975. The van der Waals surface area contributed by atoms with Gasteiger partial charge < -0.3 is 0 Å². The SMILES string of the molecule is Cn1[nH]c(CCCc2ccccc2)nc1=S. The van der Waals surface area contributed by atoms with Crippen LogP contribution >= 0.6 is 12.2 Å². The van der Waals surface area contributed by atoms with E-state index in [1.807, 2.05) is 13.1 Å². The molecule has 84 valence electrons. The van der Waals surface area contributed by atoms with Crippen molar-refractivity contribution in [1.29, 1.82) is 0 Å². The molecule has 0 bridgehead atoms. The molecule has 0 amide bonds. The van der Waals surface area contributed by atoms with Crippen molar-refractivity contribution >= 4 is 12.2 Å². The topological polar surface area (TPSA) is 33.6 Å². The van der Waals surface area contributed by atoms with Crippen molar-refractivity contribution in [2.75, 3.05) is 0 Å². The van der Waals surface area contributed by atoms with E-state index in [9.17, 15) is 0 Å². The summed E-state index contributed by atoms with van der Waals surface area (Å²) in [6.07, 6.45) is 3.11. The Hall–Kier alpha value is -1.42. The van der Waals surface area contributed by atoms with Gasteiger partial charge in [-0.25, -0.2) is 4.98 Å². The average Bonchev–Trinajstić information content (AvgIpc) is 2.60. The maximum atomic E-state index is 5.04. The van der Waals surface area contributed by atoms with E-state index in [1.165, 1.54) is 5.56 Å². The van der Waals surface area contributed by atoms with Gasteiger partial charge in [-0.2, -0.15) is 0 Å². The van der Waals surface area contributed by atoms with Crippen LogP contribution in [0.2, 0.25) is 0 Å². The van der Waals surface area contributed by atoms with Crippen LogP contribution in [0.25, 0.3) is 0 Å². The van der Waals surface area contributed by atoms with Gasteiger partial charge in [0.1, 0.15) is 5.82 Å². The van der Waals surface area contributed by atoms with Crippen LogP contribution in [-0.2, 0) is 19.9 Å². The number of H-pyrrole nitrogens is 1. The molecule has 0 aliphatic carbocycles. The van der Waals surface area contributed by atoms with Gasteiger partial charge in [0.05, 0.1) is 0 Å². The highest BCUT2D eigenvalue weighted by molar-refractivity contribution is 7.71. The van der Waals surface area contributed by atoms with Crippen LogP contribution in [0.1, 0.15) is 17.8 Å². The third-order valence-corrected chi connectivity index (χ3v) is 2.90. The zero-order valence-electron chi connectivity index (χ0n) is 9.31. The Morgan fingerprint density at radius 2 is 2.00 bits per heavy atom. The maximum Gasteiger partial charge on any atom is 0.215 e. The number of nitrogens with zero attached hydrogens (tertiary/aromatic N) is 2. The standard InChI is InChI=1S/C12H15N3S/c1-15-12(16)13-11(14-15)9-5-8-10-6-3-2-4-7-10/h2-4,6-7H,5,8-9H2,1H3,(H,13,14,16). The molecule has 0 saturated heterocycles. The lowest BCUT2D eigenvalue weighted by Gasteiger charge is -1.99. The Balaban J connectivity index is 1.87. The number of hydrogen-bond donors (Lipinski definition) is 1. The molecule has 1 aromatic heterocycles. The fraction of sp³-hybridized carbons (Fsp3) is 0.333. The number of rotatable bonds is 4. The number of aromatic amines is 1. The molecule has 1 N–H and O–H groups in total. The van der Waals surface area contributed by atoms with Crippen molar-refractivity contribution in [3.05, 3.63) is 46.5 Å². The summed E-state index contributed by atoms with van der Waals surface area (Å²) in [6.45, 7) is 0. The average molecular weight is 233 g/mol. The molecule has 2 aromatic rings. The number of hydrogen-bond acceptors (Lipinski definition) is 2. The van der Waals surface area contributed by atoms with Gasteiger partial charge in [-0.05, 0) is 30.6 Å². The van der Waals surface area contributed by atoms with Crippen LogP contribution < -0.4 is 0 Å². The van der Waals surface area contributed by atoms with Crippen molar-refractivity contribution in [2.24, 2.45) is 7.05 Å². The van der Waals surface area contributed by atoms with Gasteiger partial charge >= 0.3 is 0 Å². The van der Waals surface area contributed by atoms with Gasteiger partial charge in [-0.1, -0.05) is 30.3 Å². The molecule has 2 rings (SSSR count). The molecule has 0 fully saturated rings. The number of nitrogens with one attached hydrogen (secondary N) is 1. The van der Waals surface area contributed by atoms with Crippen molar-refractivity contribution < 1.29 is 0 Å². The van der Waals surface area contributed by atoms with Crippen molar-refractivity contribution in [3.63, 3.8) is 0 Å². The second kappa shape index (κ2) is 5.07. The first-order valence-electron chi connectivity index (χ1n) is 5.41. The summed E-state index contributed by atoms with van der Waals surface area (Å²) in [4.78, 5) is 4.26. The van der Waals surface area contributed by atoms with Crippen molar-refractivity contribution in [3.8, 4) is 0 Å². The molecule has 1 aromatic carbocycles. The second-order valence-electron chi connectivity index (χ2n) is 3.85. The van der Waals surface area contributed by atoms with E-state index in [-0.39, 0.29) is 0 Å². The zero-order chi connectivity index (χ0) is 11.4. The van der Waals surface area contributed by atoms with Gasteiger partial charge in [-0.15, -0.1) is 0 Å². The van der Waals surface area contributed by atoms with Gasteiger partial charge in [-0.3, -0.25) is 9.78 Å². The zero-order valence-corrected chi connectivity index (χ0v) is 10.1. The Kier molecular flexibility index (Phi) is 3.51. The molecule has 0 saturated carbocycles. The van der Waals surface area contributed by atoms with Gasteiger partial charge in [0.2, 0.25) is 4.77 Å². The quantitative estimate of drug-likeness (QED) is 0.824. The summed E-state index contributed by atoms with van der Waals surface area (Å²) < 4.78 is 2.39. The summed E-state index contributed by atoms with van der Waals surface area (Å²) >= 11 is 5.04. The van der Waals surface area contributed by atoms with E-state index in [4.69, 9.17) is 12.2 Å².